The number of hydrogen-bond acceptors (Lipinski definition) is 1. The molecule has 1 nitrogen and oxygen atoms in total. The highest BCUT2D eigenvalue weighted by atomic mass is 79.9. The summed E-state index contributed by atoms with van der Waals surface area (Å²) >= 11 is 3.27. The lowest BCUT2D eigenvalue weighted by Gasteiger charge is -2.16. The zero-order valence-electron chi connectivity index (χ0n) is 7.49. The minimum Gasteiger partial charge on any atom is -0.385 e. The first-order chi connectivity index (χ1) is 6.59. The zero-order chi connectivity index (χ0) is 10.2. The van der Waals surface area contributed by atoms with Crippen molar-refractivity contribution in [1.29, 1.82) is 0 Å². The molecule has 76 valence electrons. The molecule has 1 aromatic rings. The van der Waals surface area contributed by atoms with E-state index in [-0.39, 0.29) is 12.0 Å². The molecule has 1 N–H and O–H groups in total. The molecule has 1 aliphatic heterocycles. The van der Waals surface area contributed by atoms with Crippen LogP contribution in [0.5, 0.6) is 0 Å². The molecule has 0 aromatic heterocycles. The summed E-state index contributed by atoms with van der Waals surface area (Å²) in [5.41, 5.74) is 0.653. The van der Waals surface area contributed by atoms with Gasteiger partial charge in [0.2, 0.25) is 0 Å². The van der Waals surface area contributed by atoms with E-state index in [9.17, 15) is 8.78 Å². The fraction of sp³-hybridized carbons (Fsp3) is 0.400. The largest absolute Gasteiger partial charge is 0.385 e. The SMILES string of the molecule is FC1(F)CCCNc2cc(Br)ccc21. The molecular formula is C10H10BrF2N. The van der Waals surface area contributed by atoms with Gasteiger partial charge in [0.1, 0.15) is 0 Å². The molecule has 0 saturated carbocycles. The van der Waals surface area contributed by atoms with Crippen molar-refractivity contribution in [2.45, 2.75) is 18.8 Å². The van der Waals surface area contributed by atoms with Gasteiger partial charge in [-0.15, -0.1) is 0 Å². The highest BCUT2D eigenvalue weighted by molar-refractivity contribution is 9.10. The monoisotopic (exact) mass is 261 g/mol. The molecule has 4 heteroatoms. The lowest BCUT2D eigenvalue weighted by atomic mass is 10.0. The van der Waals surface area contributed by atoms with Gasteiger partial charge in [0, 0.05) is 28.7 Å². The van der Waals surface area contributed by atoms with Crippen LogP contribution in [0.4, 0.5) is 14.5 Å². The third-order valence-corrected chi connectivity index (χ3v) is 2.85. The van der Waals surface area contributed by atoms with Gasteiger partial charge in [-0.3, -0.25) is 0 Å². The van der Waals surface area contributed by atoms with Crippen molar-refractivity contribution in [2.75, 3.05) is 11.9 Å². The van der Waals surface area contributed by atoms with Crippen LogP contribution in [-0.4, -0.2) is 6.54 Å². The Morgan fingerprint density at radius 2 is 2.14 bits per heavy atom. The first-order valence-electron chi connectivity index (χ1n) is 4.51. The second kappa shape index (κ2) is 3.50. The Morgan fingerprint density at radius 3 is 2.93 bits per heavy atom. The molecule has 0 aliphatic carbocycles. The van der Waals surface area contributed by atoms with Gasteiger partial charge in [0.25, 0.3) is 5.92 Å². The number of anilines is 1. The number of rotatable bonds is 0. The number of alkyl halides is 2. The third kappa shape index (κ3) is 1.75. The van der Waals surface area contributed by atoms with Crippen LogP contribution >= 0.6 is 15.9 Å². The van der Waals surface area contributed by atoms with Gasteiger partial charge in [-0.2, -0.15) is 0 Å². The zero-order valence-corrected chi connectivity index (χ0v) is 9.07. The Bertz CT molecular complexity index is 352. The van der Waals surface area contributed by atoms with Crippen LogP contribution in [-0.2, 0) is 5.92 Å². The first kappa shape index (κ1) is 9.90. The van der Waals surface area contributed by atoms with Gasteiger partial charge < -0.3 is 5.32 Å². The summed E-state index contributed by atoms with van der Waals surface area (Å²) in [7, 11) is 0. The topological polar surface area (TPSA) is 12.0 Å². The molecule has 1 aliphatic rings. The van der Waals surface area contributed by atoms with Crippen LogP contribution in [0, 0.1) is 0 Å². The van der Waals surface area contributed by atoms with Crippen molar-refractivity contribution in [2.24, 2.45) is 0 Å². The highest BCUT2D eigenvalue weighted by Crippen LogP contribution is 2.40. The number of hydrogen-bond donors (Lipinski definition) is 1. The third-order valence-electron chi connectivity index (χ3n) is 2.36. The molecular weight excluding hydrogens is 252 g/mol. The van der Waals surface area contributed by atoms with Crippen LogP contribution < -0.4 is 5.32 Å². The van der Waals surface area contributed by atoms with E-state index in [0.29, 0.717) is 18.7 Å². The standard InChI is InChI=1S/C10H10BrF2N/c11-7-2-3-8-9(6-7)14-5-1-4-10(8,12)13/h2-3,6,14H,1,4-5H2. The number of halogens is 3. The van der Waals surface area contributed by atoms with Gasteiger partial charge >= 0.3 is 0 Å². The minimum atomic E-state index is -2.69. The lowest BCUT2D eigenvalue weighted by molar-refractivity contribution is -0.0120. The van der Waals surface area contributed by atoms with E-state index in [0.717, 1.165) is 4.47 Å². The van der Waals surface area contributed by atoms with Crippen molar-refractivity contribution in [3.8, 4) is 0 Å². The molecule has 0 fully saturated rings. The molecule has 14 heavy (non-hydrogen) atoms. The molecule has 0 amide bonds. The van der Waals surface area contributed by atoms with E-state index in [1.807, 2.05) is 0 Å². The van der Waals surface area contributed by atoms with E-state index < -0.39 is 5.92 Å². The minimum absolute atomic E-state index is 0.0748. The van der Waals surface area contributed by atoms with Crippen LogP contribution in [0.25, 0.3) is 0 Å². The maximum absolute atomic E-state index is 13.5. The normalized spacial score (nSPS) is 19.4. The summed E-state index contributed by atoms with van der Waals surface area (Å²) in [6.07, 6.45) is 0.425. The van der Waals surface area contributed by atoms with Crippen LogP contribution in [0.3, 0.4) is 0 Å². The smallest absolute Gasteiger partial charge is 0.275 e. The van der Waals surface area contributed by atoms with Crippen molar-refractivity contribution in [1.82, 2.24) is 0 Å². The highest BCUT2D eigenvalue weighted by Gasteiger charge is 2.34. The van der Waals surface area contributed by atoms with Crippen molar-refractivity contribution in [3.05, 3.63) is 28.2 Å². The Labute approximate surface area is 89.6 Å². The van der Waals surface area contributed by atoms with Crippen molar-refractivity contribution in [3.63, 3.8) is 0 Å². The summed E-state index contributed by atoms with van der Waals surface area (Å²) in [6, 6.07) is 4.84. The summed E-state index contributed by atoms with van der Waals surface area (Å²) in [5, 5.41) is 3.01. The van der Waals surface area contributed by atoms with Gasteiger partial charge in [0.05, 0.1) is 0 Å². The Morgan fingerprint density at radius 1 is 1.36 bits per heavy atom. The Hall–Kier alpha value is -0.640. The van der Waals surface area contributed by atoms with Crippen LogP contribution in [0.15, 0.2) is 22.7 Å². The average molecular weight is 262 g/mol. The predicted molar refractivity (Wildman–Crippen MR) is 55.8 cm³/mol. The first-order valence-corrected chi connectivity index (χ1v) is 5.31. The van der Waals surface area contributed by atoms with Gasteiger partial charge in [-0.1, -0.05) is 15.9 Å². The second-order valence-corrected chi connectivity index (χ2v) is 4.34. The fourth-order valence-corrected chi connectivity index (χ4v) is 2.01. The number of nitrogens with one attached hydrogen (secondary N) is 1. The maximum atomic E-state index is 13.5. The van der Waals surface area contributed by atoms with E-state index in [1.165, 1.54) is 6.07 Å². The summed E-state index contributed by atoms with van der Waals surface area (Å²) in [4.78, 5) is 0. The van der Waals surface area contributed by atoms with Gasteiger partial charge in [-0.25, -0.2) is 8.78 Å². The summed E-state index contributed by atoms with van der Waals surface area (Å²) in [6.45, 7) is 0.610. The second-order valence-electron chi connectivity index (χ2n) is 3.42. The molecule has 1 heterocycles. The summed E-state index contributed by atoms with van der Waals surface area (Å²) < 4.78 is 27.9. The van der Waals surface area contributed by atoms with Gasteiger partial charge in [0.15, 0.2) is 0 Å². The van der Waals surface area contributed by atoms with E-state index in [1.54, 1.807) is 12.1 Å². The lowest BCUT2D eigenvalue weighted by Crippen LogP contribution is -2.12. The maximum Gasteiger partial charge on any atom is 0.275 e. The quantitative estimate of drug-likeness (QED) is 0.750. The van der Waals surface area contributed by atoms with E-state index >= 15 is 0 Å². The van der Waals surface area contributed by atoms with Crippen LogP contribution in [0.1, 0.15) is 18.4 Å². The number of fused-ring (bicyclic) bond motifs is 1. The van der Waals surface area contributed by atoms with E-state index in [4.69, 9.17) is 0 Å². The van der Waals surface area contributed by atoms with Gasteiger partial charge in [-0.05, 0) is 24.6 Å². The molecule has 0 saturated heterocycles. The van der Waals surface area contributed by atoms with Crippen molar-refractivity contribution >= 4 is 21.6 Å². The molecule has 2 rings (SSSR count). The molecule has 1 aromatic carbocycles. The van der Waals surface area contributed by atoms with Crippen LogP contribution in [0.2, 0.25) is 0 Å². The summed E-state index contributed by atoms with van der Waals surface area (Å²) in [5.74, 6) is -2.69. The fourth-order valence-electron chi connectivity index (χ4n) is 1.65. The van der Waals surface area contributed by atoms with Crippen molar-refractivity contribution < 1.29 is 8.78 Å². The molecule has 0 atom stereocenters. The average Bonchev–Trinajstić information content (AvgIpc) is 2.25. The molecule has 0 spiro atoms. The Balaban J connectivity index is 2.50. The Kier molecular flexibility index (Phi) is 2.47. The predicted octanol–water partition coefficient (Wildman–Crippen LogP) is 3.75. The number of benzene rings is 1. The molecule has 0 unspecified atom stereocenters. The molecule has 0 bridgehead atoms. The molecule has 0 radical (unpaired) electrons. The van der Waals surface area contributed by atoms with E-state index in [2.05, 4.69) is 21.2 Å².